The molecule has 0 fully saturated rings. The summed E-state index contributed by atoms with van der Waals surface area (Å²) < 4.78 is 1.41. The van der Waals surface area contributed by atoms with Gasteiger partial charge in [-0.3, -0.25) is 0 Å². The summed E-state index contributed by atoms with van der Waals surface area (Å²) in [5, 5.41) is 9.43. The van der Waals surface area contributed by atoms with E-state index in [1.54, 1.807) is 0 Å². The van der Waals surface area contributed by atoms with E-state index in [2.05, 4.69) is 60.3 Å². The highest BCUT2D eigenvalue weighted by atomic mass is 32.1. The molecule has 3 heteroatoms. The molecule has 0 aliphatic carbocycles. The molecule has 0 amide bonds. The molecule has 3 aromatic rings. The number of hydrogen-bond acceptors (Lipinski definition) is 3. The molecule has 0 aliphatic rings. The van der Waals surface area contributed by atoms with E-state index < -0.39 is 0 Å². The maximum Gasteiger partial charge on any atom is 0.0687 e. The fourth-order valence-electron chi connectivity index (χ4n) is 2.68. The number of aryl methyl sites for hydroxylation is 1. The molecule has 2 aromatic heterocycles. The van der Waals surface area contributed by atoms with E-state index in [0.717, 1.165) is 13.0 Å². The topological polar surface area (TPSA) is 12.0 Å². The van der Waals surface area contributed by atoms with Gasteiger partial charge in [-0.1, -0.05) is 32.0 Å². The predicted octanol–water partition coefficient (Wildman–Crippen LogP) is 5.22. The summed E-state index contributed by atoms with van der Waals surface area (Å²) in [4.78, 5) is 1.47. The lowest BCUT2D eigenvalue weighted by Gasteiger charge is -2.19. The summed E-state index contributed by atoms with van der Waals surface area (Å²) in [5.41, 5.74) is 2.88. The number of nitrogens with one attached hydrogen (secondary N) is 1. The first-order chi connectivity index (χ1) is 9.85. The largest absolute Gasteiger partial charge is 0.306 e. The first-order valence-electron chi connectivity index (χ1n) is 7.11. The molecule has 0 saturated carbocycles. The third-order valence-corrected chi connectivity index (χ3v) is 5.66. The lowest BCUT2D eigenvalue weighted by molar-refractivity contribution is 0.639. The minimum Gasteiger partial charge on any atom is -0.306 e. The van der Waals surface area contributed by atoms with Gasteiger partial charge >= 0.3 is 0 Å². The monoisotopic (exact) mass is 301 g/mol. The van der Waals surface area contributed by atoms with Gasteiger partial charge in [0.1, 0.15) is 0 Å². The SMILES string of the molecule is CCNC(c1sccc1CC)c1cccc2ccsc12. The van der Waals surface area contributed by atoms with Crippen LogP contribution in [-0.4, -0.2) is 6.54 Å². The summed E-state index contributed by atoms with van der Waals surface area (Å²) in [6.07, 6.45) is 1.10. The van der Waals surface area contributed by atoms with Crippen LogP contribution < -0.4 is 5.32 Å². The van der Waals surface area contributed by atoms with Gasteiger partial charge < -0.3 is 5.32 Å². The van der Waals surface area contributed by atoms with Crippen LogP contribution in [0.2, 0.25) is 0 Å². The quantitative estimate of drug-likeness (QED) is 0.681. The Balaban J connectivity index is 2.13. The van der Waals surface area contributed by atoms with Crippen molar-refractivity contribution < 1.29 is 0 Å². The maximum atomic E-state index is 3.68. The third-order valence-electron chi connectivity index (χ3n) is 3.65. The van der Waals surface area contributed by atoms with Crippen LogP contribution in [0.5, 0.6) is 0 Å². The van der Waals surface area contributed by atoms with Crippen LogP contribution in [0.15, 0.2) is 41.1 Å². The van der Waals surface area contributed by atoms with E-state index in [1.807, 2.05) is 22.7 Å². The molecule has 0 bridgehead atoms. The zero-order valence-corrected chi connectivity index (χ0v) is 13.5. The molecule has 20 heavy (non-hydrogen) atoms. The van der Waals surface area contributed by atoms with Crippen LogP contribution in [0.25, 0.3) is 10.1 Å². The van der Waals surface area contributed by atoms with Gasteiger partial charge in [0, 0.05) is 9.58 Å². The summed E-state index contributed by atoms with van der Waals surface area (Å²) >= 11 is 3.71. The lowest BCUT2D eigenvalue weighted by atomic mass is 10.0. The zero-order valence-electron chi connectivity index (χ0n) is 11.8. The Morgan fingerprint density at radius 3 is 2.70 bits per heavy atom. The molecular formula is C17H19NS2. The second kappa shape index (κ2) is 6.08. The molecule has 3 rings (SSSR count). The van der Waals surface area contributed by atoms with E-state index >= 15 is 0 Å². The highest BCUT2D eigenvalue weighted by molar-refractivity contribution is 7.17. The van der Waals surface area contributed by atoms with Gasteiger partial charge in [0.15, 0.2) is 0 Å². The van der Waals surface area contributed by atoms with Gasteiger partial charge in [-0.15, -0.1) is 22.7 Å². The van der Waals surface area contributed by atoms with E-state index in [-0.39, 0.29) is 0 Å². The first kappa shape index (κ1) is 13.8. The summed E-state index contributed by atoms with van der Waals surface area (Å²) in [6.45, 7) is 5.40. The van der Waals surface area contributed by atoms with Crippen LogP contribution in [-0.2, 0) is 6.42 Å². The second-order valence-electron chi connectivity index (χ2n) is 4.84. The van der Waals surface area contributed by atoms with Gasteiger partial charge in [0.2, 0.25) is 0 Å². The molecule has 1 N–H and O–H groups in total. The Morgan fingerprint density at radius 1 is 1.05 bits per heavy atom. The number of benzene rings is 1. The standard InChI is InChI=1S/C17H19NS2/c1-3-12-8-10-20-17(12)15(18-4-2)14-7-5-6-13-9-11-19-16(13)14/h5-11,15,18H,3-4H2,1-2H3. The Morgan fingerprint density at radius 2 is 1.90 bits per heavy atom. The van der Waals surface area contributed by atoms with Gasteiger partial charge in [-0.2, -0.15) is 0 Å². The molecule has 0 radical (unpaired) electrons. The molecule has 1 nitrogen and oxygen atoms in total. The number of hydrogen-bond donors (Lipinski definition) is 1. The number of fused-ring (bicyclic) bond motifs is 1. The molecule has 1 aromatic carbocycles. The smallest absolute Gasteiger partial charge is 0.0687 e. The van der Waals surface area contributed by atoms with Crippen molar-refractivity contribution in [2.75, 3.05) is 6.54 Å². The normalized spacial score (nSPS) is 12.9. The van der Waals surface area contributed by atoms with Crippen LogP contribution in [0.1, 0.15) is 35.9 Å². The average molecular weight is 301 g/mol. The van der Waals surface area contributed by atoms with Crippen molar-refractivity contribution in [3.05, 3.63) is 57.1 Å². The summed E-state index contributed by atoms with van der Waals surface area (Å²) in [5.74, 6) is 0. The molecule has 1 atom stereocenters. The van der Waals surface area contributed by atoms with Gasteiger partial charge in [0.25, 0.3) is 0 Å². The lowest BCUT2D eigenvalue weighted by Crippen LogP contribution is -2.22. The maximum absolute atomic E-state index is 3.68. The van der Waals surface area contributed by atoms with Crippen molar-refractivity contribution >= 4 is 32.8 Å². The van der Waals surface area contributed by atoms with Crippen molar-refractivity contribution in [3.8, 4) is 0 Å². The summed E-state index contributed by atoms with van der Waals surface area (Å²) in [6, 6.07) is 11.4. The fraction of sp³-hybridized carbons (Fsp3) is 0.294. The average Bonchev–Trinajstić information content (AvgIpc) is 3.12. The van der Waals surface area contributed by atoms with Crippen molar-refractivity contribution in [2.45, 2.75) is 26.3 Å². The van der Waals surface area contributed by atoms with Gasteiger partial charge in [-0.25, -0.2) is 0 Å². The van der Waals surface area contributed by atoms with Crippen molar-refractivity contribution in [2.24, 2.45) is 0 Å². The Hall–Kier alpha value is -1.16. The van der Waals surface area contributed by atoms with E-state index in [1.165, 1.54) is 26.1 Å². The van der Waals surface area contributed by atoms with Crippen molar-refractivity contribution in [1.29, 1.82) is 0 Å². The molecule has 104 valence electrons. The number of rotatable bonds is 5. The molecule has 0 saturated heterocycles. The van der Waals surface area contributed by atoms with Crippen LogP contribution >= 0.6 is 22.7 Å². The van der Waals surface area contributed by atoms with Crippen LogP contribution in [0.3, 0.4) is 0 Å². The first-order valence-corrected chi connectivity index (χ1v) is 8.86. The van der Waals surface area contributed by atoms with Crippen molar-refractivity contribution in [3.63, 3.8) is 0 Å². The van der Waals surface area contributed by atoms with E-state index in [9.17, 15) is 0 Å². The van der Waals surface area contributed by atoms with Gasteiger partial charge in [-0.05, 0) is 52.4 Å². The molecule has 0 aliphatic heterocycles. The predicted molar refractivity (Wildman–Crippen MR) is 91.0 cm³/mol. The Labute approximate surface area is 128 Å². The summed E-state index contributed by atoms with van der Waals surface area (Å²) in [7, 11) is 0. The van der Waals surface area contributed by atoms with Gasteiger partial charge in [0.05, 0.1) is 6.04 Å². The minimum absolute atomic E-state index is 0.317. The molecule has 0 spiro atoms. The van der Waals surface area contributed by atoms with E-state index in [4.69, 9.17) is 0 Å². The highest BCUT2D eigenvalue weighted by Crippen LogP contribution is 2.36. The third kappa shape index (κ3) is 2.41. The minimum atomic E-state index is 0.317. The molecule has 1 unspecified atom stereocenters. The molecule has 2 heterocycles. The Kier molecular flexibility index (Phi) is 4.20. The van der Waals surface area contributed by atoms with Crippen LogP contribution in [0, 0.1) is 0 Å². The second-order valence-corrected chi connectivity index (χ2v) is 6.70. The number of thiophene rings is 2. The molecular weight excluding hydrogens is 282 g/mol. The van der Waals surface area contributed by atoms with Crippen molar-refractivity contribution in [1.82, 2.24) is 5.32 Å². The zero-order chi connectivity index (χ0) is 13.9. The fourth-order valence-corrected chi connectivity index (χ4v) is 4.72. The van der Waals surface area contributed by atoms with E-state index in [0.29, 0.717) is 6.04 Å². The Bertz CT molecular complexity index is 696. The van der Waals surface area contributed by atoms with Crippen LogP contribution in [0.4, 0.5) is 0 Å². The highest BCUT2D eigenvalue weighted by Gasteiger charge is 2.19.